The summed E-state index contributed by atoms with van der Waals surface area (Å²) in [6.07, 6.45) is -3.00. The highest BCUT2D eigenvalue weighted by molar-refractivity contribution is 5.95. The number of ether oxygens (including phenoxy) is 1. The summed E-state index contributed by atoms with van der Waals surface area (Å²) in [6.45, 7) is 5.72. The first-order valence-corrected chi connectivity index (χ1v) is 12.5. The van der Waals surface area contributed by atoms with E-state index >= 15 is 0 Å². The topological polar surface area (TPSA) is 105 Å². The predicted molar refractivity (Wildman–Crippen MR) is 130 cm³/mol. The average molecular weight is 528 g/mol. The Hall–Kier alpha value is -3.11. The number of carbonyl (C=O) groups excluding carboxylic acids is 4. The Morgan fingerprint density at radius 3 is 2.03 bits per heavy atom. The lowest BCUT2D eigenvalue weighted by atomic mass is 9.99. The van der Waals surface area contributed by atoms with Crippen LogP contribution >= 0.6 is 0 Å². The number of nitrogens with one attached hydrogen (secondary N) is 2. The van der Waals surface area contributed by atoms with Gasteiger partial charge in [0.1, 0.15) is 12.6 Å². The van der Waals surface area contributed by atoms with Crippen LogP contribution in [0.5, 0.6) is 0 Å². The predicted octanol–water partition coefficient (Wildman–Crippen LogP) is 3.98. The number of halogens is 3. The van der Waals surface area contributed by atoms with Crippen molar-refractivity contribution < 1.29 is 37.1 Å². The molecule has 3 amide bonds. The second kappa shape index (κ2) is 13.4. The fourth-order valence-corrected chi connectivity index (χ4v) is 4.27. The van der Waals surface area contributed by atoms with Crippen LogP contribution in [0.3, 0.4) is 0 Å². The number of ketones is 1. The molecule has 0 heterocycles. The number of benzene rings is 1. The smallest absolute Gasteiger partial charge is 0.445 e. The van der Waals surface area contributed by atoms with Gasteiger partial charge >= 0.3 is 12.3 Å². The summed E-state index contributed by atoms with van der Waals surface area (Å²) in [4.78, 5) is 51.9. The van der Waals surface area contributed by atoms with Crippen LogP contribution in [-0.2, 0) is 25.7 Å². The molecular formula is C26H36F3N3O5. The van der Waals surface area contributed by atoms with E-state index in [9.17, 15) is 32.3 Å². The zero-order valence-corrected chi connectivity index (χ0v) is 21.6. The zero-order chi connectivity index (χ0) is 27.8. The first-order chi connectivity index (χ1) is 17.3. The summed E-state index contributed by atoms with van der Waals surface area (Å²) in [5.74, 6) is -4.61. The van der Waals surface area contributed by atoms with Gasteiger partial charge in [0, 0.05) is 6.04 Å². The van der Waals surface area contributed by atoms with E-state index in [0.29, 0.717) is 12.8 Å². The van der Waals surface area contributed by atoms with Crippen LogP contribution in [0, 0.1) is 11.8 Å². The van der Waals surface area contributed by atoms with Crippen molar-refractivity contribution in [3.8, 4) is 0 Å². The number of hydrogen-bond donors (Lipinski definition) is 2. The number of amides is 3. The quantitative estimate of drug-likeness (QED) is 0.453. The lowest BCUT2D eigenvalue weighted by Gasteiger charge is -2.34. The molecule has 8 nitrogen and oxygen atoms in total. The molecule has 1 fully saturated rings. The summed E-state index contributed by atoms with van der Waals surface area (Å²) < 4.78 is 44.3. The van der Waals surface area contributed by atoms with Crippen molar-refractivity contribution in [3.05, 3.63) is 35.9 Å². The number of carbonyl (C=O) groups is 4. The molecule has 0 aromatic heterocycles. The van der Waals surface area contributed by atoms with E-state index in [1.807, 2.05) is 6.07 Å². The Balaban J connectivity index is 2.14. The van der Waals surface area contributed by atoms with Gasteiger partial charge in [-0.15, -0.1) is 0 Å². The molecule has 1 saturated carbocycles. The summed E-state index contributed by atoms with van der Waals surface area (Å²) >= 11 is 0. The van der Waals surface area contributed by atoms with E-state index in [-0.39, 0.29) is 18.6 Å². The van der Waals surface area contributed by atoms with Crippen LogP contribution in [0.1, 0.15) is 58.9 Å². The summed E-state index contributed by atoms with van der Waals surface area (Å²) in [5, 5.41) is 4.74. The van der Waals surface area contributed by atoms with Crippen LogP contribution in [0.25, 0.3) is 0 Å². The van der Waals surface area contributed by atoms with Crippen molar-refractivity contribution >= 4 is 23.7 Å². The van der Waals surface area contributed by atoms with Gasteiger partial charge in [-0.05, 0) is 30.2 Å². The molecule has 2 unspecified atom stereocenters. The molecule has 1 aromatic rings. The van der Waals surface area contributed by atoms with E-state index < -0.39 is 54.4 Å². The van der Waals surface area contributed by atoms with E-state index in [1.165, 1.54) is 18.7 Å². The van der Waals surface area contributed by atoms with Crippen molar-refractivity contribution in [1.29, 1.82) is 0 Å². The molecule has 0 bridgehead atoms. The Morgan fingerprint density at radius 2 is 1.51 bits per heavy atom. The van der Waals surface area contributed by atoms with E-state index in [0.717, 1.165) is 18.4 Å². The molecule has 206 valence electrons. The van der Waals surface area contributed by atoms with Crippen LogP contribution in [-0.4, -0.2) is 59.4 Å². The largest absolute Gasteiger partial charge is 0.452 e. The minimum absolute atomic E-state index is 0.00422. The van der Waals surface area contributed by atoms with Crippen molar-refractivity contribution in [2.24, 2.45) is 11.8 Å². The van der Waals surface area contributed by atoms with Crippen molar-refractivity contribution in [2.75, 3.05) is 6.54 Å². The van der Waals surface area contributed by atoms with Gasteiger partial charge in [-0.25, -0.2) is 4.79 Å². The molecule has 1 aromatic carbocycles. The van der Waals surface area contributed by atoms with E-state index in [4.69, 9.17) is 4.74 Å². The standard InChI is InChI=1S/C26H36F3N3O5/c1-16(2)21(23(34)26(27,28)29)30-20(33)14-32(19-12-8-9-13-19)24(35)22(17(3)4)31-25(36)37-15-18-10-6-5-7-11-18/h5-7,10-11,16-17,19,21-22H,8-9,12-15H2,1-4H3,(H,30,33)(H,31,36). The maximum Gasteiger partial charge on any atom is 0.452 e. The highest BCUT2D eigenvalue weighted by Gasteiger charge is 2.45. The molecule has 37 heavy (non-hydrogen) atoms. The van der Waals surface area contributed by atoms with Gasteiger partial charge in [-0.1, -0.05) is 70.9 Å². The van der Waals surface area contributed by atoms with E-state index in [2.05, 4.69) is 10.6 Å². The third-order valence-electron chi connectivity index (χ3n) is 6.33. The van der Waals surface area contributed by atoms with Gasteiger partial charge < -0.3 is 20.3 Å². The third kappa shape index (κ3) is 9.05. The maximum atomic E-state index is 13.6. The fraction of sp³-hybridized carbons (Fsp3) is 0.615. The van der Waals surface area contributed by atoms with Crippen molar-refractivity contribution in [3.63, 3.8) is 0 Å². The number of rotatable bonds is 11. The van der Waals surface area contributed by atoms with Gasteiger partial charge in [-0.3, -0.25) is 14.4 Å². The van der Waals surface area contributed by atoms with E-state index in [1.54, 1.807) is 38.1 Å². The Labute approximate surface area is 215 Å². The van der Waals surface area contributed by atoms with Gasteiger partial charge in [0.05, 0.1) is 12.6 Å². The highest BCUT2D eigenvalue weighted by Crippen LogP contribution is 2.25. The normalized spacial score (nSPS) is 15.8. The Kier molecular flexibility index (Phi) is 10.9. The van der Waals surface area contributed by atoms with Crippen molar-refractivity contribution in [2.45, 2.75) is 84.3 Å². The van der Waals surface area contributed by atoms with Gasteiger partial charge in [-0.2, -0.15) is 13.2 Å². The van der Waals surface area contributed by atoms with Crippen LogP contribution in [0.2, 0.25) is 0 Å². The highest BCUT2D eigenvalue weighted by atomic mass is 19.4. The molecular weight excluding hydrogens is 491 g/mol. The number of alkyl carbamates (subject to hydrolysis) is 1. The SMILES string of the molecule is CC(C)C(NC(=O)OCc1ccccc1)C(=O)N(CC(=O)NC(C(=O)C(F)(F)F)C(C)C)C1CCCC1. The van der Waals surface area contributed by atoms with Gasteiger partial charge in [0.15, 0.2) is 0 Å². The Morgan fingerprint density at radius 1 is 0.946 bits per heavy atom. The summed E-state index contributed by atoms with van der Waals surface area (Å²) in [5.41, 5.74) is 0.766. The van der Waals surface area contributed by atoms with Gasteiger partial charge in [0.25, 0.3) is 5.78 Å². The molecule has 2 atom stereocenters. The number of hydrogen-bond acceptors (Lipinski definition) is 5. The molecule has 2 rings (SSSR count). The van der Waals surface area contributed by atoms with Crippen LogP contribution in [0.4, 0.5) is 18.0 Å². The molecule has 0 saturated heterocycles. The molecule has 1 aliphatic carbocycles. The zero-order valence-electron chi connectivity index (χ0n) is 21.6. The second-order valence-corrected chi connectivity index (χ2v) is 9.98. The minimum atomic E-state index is -5.10. The first-order valence-electron chi connectivity index (χ1n) is 12.5. The summed E-state index contributed by atoms with van der Waals surface area (Å²) in [6, 6.07) is 5.90. The molecule has 0 spiro atoms. The monoisotopic (exact) mass is 527 g/mol. The third-order valence-corrected chi connectivity index (χ3v) is 6.33. The molecule has 2 N–H and O–H groups in total. The molecule has 1 aliphatic rings. The number of nitrogens with zero attached hydrogens (tertiary/aromatic N) is 1. The molecule has 11 heteroatoms. The second-order valence-electron chi connectivity index (χ2n) is 9.98. The Bertz CT molecular complexity index is 931. The number of alkyl halides is 3. The fourth-order valence-electron chi connectivity index (χ4n) is 4.27. The van der Waals surface area contributed by atoms with Crippen LogP contribution < -0.4 is 10.6 Å². The van der Waals surface area contributed by atoms with Crippen LogP contribution in [0.15, 0.2) is 30.3 Å². The first kappa shape index (κ1) is 30.1. The average Bonchev–Trinajstić information content (AvgIpc) is 3.36. The lowest BCUT2D eigenvalue weighted by molar-refractivity contribution is -0.175. The maximum absolute atomic E-state index is 13.6. The van der Waals surface area contributed by atoms with Crippen molar-refractivity contribution in [1.82, 2.24) is 15.5 Å². The lowest BCUT2D eigenvalue weighted by Crippen LogP contribution is -2.57. The molecule has 0 radical (unpaired) electrons. The van der Waals surface area contributed by atoms with Gasteiger partial charge in [0.2, 0.25) is 11.8 Å². The summed E-state index contributed by atoms with van der Waals surface area (Å²) in [7, 11) is 0. The minimum Gasteiger partial charge on any atom is -0.445 e. The molecule has 0 aliphatic heterocycles. The number of Topliss-reactive ketones (excluding diaryl/α,β-unsaturated/α-hetero) is 1.